The number of thiophene rings is 1. The van der Waals surface area contributed by atoms with Crippen LogP contribution in [0.5, 0.6) is 0 Å². The van der Waals surface area contributed by atoms with E-state index in [-0.39, 0.29) is 0 Å². The molecule has 0 saturated carbocycles. The van der Waals surface area contributed by atoms with Crippen molar-refractivity contribution in [3.05, 3.63) is 35.2 Å². The van der Waals surface area contributed by atoms with Gasteiger partial charge in [0.15, 0.2) is 0 Å². The second-order valence-electron chi connectivity index (χ2n) is 5.01. The molecule has 1 fully saturated rings. The van der Waals surface area contributed by atoms with Gasteiger partial charge >= 0.3 is 0 Å². The molecule has 0 bridgehead atoms. The van der Waals surface area contributed by atoms with Crippen molar-refractivity contribution in [2.75, 3.05) is 13.1 Å². The maximum absolute atomic E-state index is 3.50. The monoisotopic (exact) mass is 245 g/mol. The van der Waals surface area contributed by atoms with E-state index in [1.165, 1.54) is 48.9 Å². The lowest BCUT2D eigenvalue weighted by atomic mass is 9.93. The summed E-state index contributed by atoms with van der Waals surface area (Å²) in [6.07, 6.45) is 5.36. The first kappa shape index (κ1) is 11.2. The molecule has 2 heteroatoms. The molecule has 0 spiro atoms. The second-order valence-corrected chi connectivity index (χ2v) is 5.92. The Labute approximate surface area is 107 Å². The number of hydrogen-bond acceptors (Lipinski definition) is 2. The number of aryl methyl sites for hydroxylation is 1. The van der Waals surface area contributed by atoms with Crippen molar-refractivity contribution in [3.8, 4) is 0 Å². The van der Waals surface area contributed by atoms with Gasteiger partial charge in [-0.1, -0.05) is 18.2 Å². The van der Waals surface area contributed by atoms with Crippen LogP contribution in [0, 0.1) is 5.92 Å². The van der Waals surface area contributed by atoms with Crippen molar-refractivity contribution in [1.29, 1.82) is 0 Å². The topological polar surface area (TPSA) is 12.0 Å². The smallest absolute Gasteiger partial charge is 0.0345 e. The van der Waals surface area contributed by atoms with Gasteiger partial charge in [0.25, 0.3) is 0 Å². The van der Waals surface area contributed by atoms with Crippen LogP contribution in [0.3, 0.4) is 0 Å². The van der Waals surface area contributed by atoms with Crippen molar-refractivity contribution in [2.24, 2.45) is 5.92 Å². The fraction of sp³-hybridized carbons (Fsp3) is 0.467. The quantitative estimate of drug-likeness (QED) is 0.866. The molecular weight excluding hydrogens is 226 g/mol. The van der Waals surface area contributed by atoms with E-state index < -0.39 is 0 Å². The molecule has 90 valence electrons. The van der Waals surface area contributed by atoms with Gasteiger partial charge in [0.1, 0.15) is 0 Å². The summed E-state index contributed by atoms with van der Waals surface area (Å²) >= 11 is 1.88. The Morgan fingerprint density at radius 1 is 1.29 bits per heavy atom. The number of nitrogens with one attached hydrogen (secondary N) is 1. The maximum atomic E-state index is 3.50. The number of fused-ring (bicyclic) bond motifs is 1. The molecule has 17 heavy (non-hydrogen) atoms. The van der Waals surface area contributed by atoms with Crippen LogP contribution in [0.2, 0.25) is 0 Å². The summed E-state index contributed by atoms with van der Waals surface area (Å²) in [5, 5.41) is 7.33. The standard InChI is InChI=1S/C15H19NS/c1-2-6-15-14(5-1)13(11-17-15)8-7-12-4-3-9-16-10-12/h1-2,5-6,11-12,16H,3-4,7-10H2. The van der Waals surface area contributed by atoms with E-state index in [1.54, 1.807) is 5.56 Å². The minimum absolute atomic E-state index is 0.891. The average Bonchev–Trinajstić information content (AvgIpc) is 2.81. The van der Waals surface area contributed by atoms with Gasteiger partial charge in [-0.25, -0.2) is 0 Å². The summed E-state index contributed by atoms with van der Waals surface area (Å²) in [5.41, 5.74) is 1.55. The van der Waals surface area contributed by atoms with E-state index >= 15 is 0 Å². The first-order valence-electron chi connectivity index (χ1n) is 6.59. The Morgan fingerprint density at radius 3 is 3.12 bits per heavy atom. The minimum Gasteiger partial charge on any atom is -0.316 e. The zero-order chi connectivity index (χ0) is 11.5. The molecule has 1 atom stereocenters. The lowest BCUT2D eigenvalue weighted by Crippen LogP contribution is -2.29. The zero-order valence-corrected chi connectivity index (χ0v) is 10.9. The Balaban J connectivity index is 1.68. The molecule has 0 radical (unpaired) electrons. The molecule has 2 heterocycles. The lowest BCUT2D eigenvalue weighted by molar-refractivity contribution is 0.358. The summed E-state index contributed by atoms with van der Waals surface area (Å²) in [6, 6.07) is 8.78. The summed E-state index contributed by atoms with van der Waals surface area (Å²) in [5.74, 6) is 0.891. The SMILES string of the molecule is c1ccc2c(CCC3CCCNC3)csc2c1. The third kappa shape index (κ3) is 2.53. The van der Waals surface area contributed by atoms with Gasteiger partial charge in [-0.3, -0.25) is 0 Å². The molecule has 1 aromatic carbocycles. The van der Waals surface area contributed by atoms with Crippen LogP contribution in [0.4, 0.5) is 0 Å². The number of benzene rings is 1. The third-order valence-electron chi connectivity index (χ3n) is 3.78. The minimum atomic E-state index is 0.891. The third-order valence-corrected chi connectivity index (χ3v) is 4.79. The van der Waals surface area contributed by atoms with Crippen LogP contribution in [-0.2, 0) is 6.42 Å². The number of rotatable bonds is 3. The van der Waals surface area contributed by atoms with Crippen molar-refractivity contribution >= 4 is 21.4 Å². The first-order chi connectivity index (χ1) is 8.43. The fourth-order valence-corrected chi connectivity index (χ4v) is 3.75. The van der Waals surface area contributed by atoms with Crippen molar-refractivity contribution in [3.63, 3.8) is 0 Å². The van der Waals surface area contributed by atoms with Gasteiger partial charge in [0.05, 0.1) is 0 Å². The average molecular weight is 245 g/mol. The van der Waals surface area contributed by atoms with Gasteiger partial charge in [0.2, 0.25) is 0 Å². The van der Waals surface area contributed by atoms with E-state index in [0.717, 1.165) is 5.92 Å². The normalized spacial score (nSPS) is 20.8. The zero-order valence-electron chi connectivity index (χ0n) is 10.1. The Morgan fingerprint density at radius 2 is 2.24 bits per heavy atom. The summed E-state index contributed by atoms with van der Waals surface area (Å²) < 4.78 is 1.43. The molecule has 1 N–H and O–H groups in total. The number of piperidine rings is 1. The van der Waals surface area contributed by atoms with E-state index in [0.29, 0.717) is 0 Å². The van der Waals surface area contributed by atoms with Gasteiger partial charge in [-0.2, -0.15) is 0 Å². The summed E-state index contributed by atoms with van der Waals surface area (Å²) in [7, 11) is 0. The molecule has 0 amide bonds. The summed E-state index contributed by atoms with van der Waals surface area (Å²) in [6.45, 7) is 2.44. The van der Waals surface area contributed by atoms with Gasteiger partial charge in [0, 0.05) is 4.70 Å². The van der Waals surface area contributed by atoms with E-state index in [4.69, 9.17) is 0 Å². The highest BCUT2D eigenvalue weighted by atomic mass is 32.1. The molecule has 3 rings (SSSR count). The highest BCUT2D eigenvalue weighted by molar-refractivity contribution is 7.17. The fourth-order valence-electron chi connectivity index (χ4n) is 2.76. The molecule has 1 aliphatic rings. The van der Waals surface area contributed by atoms with E-state index in [1.807, 2.05) is 11.3 Å². The highest BCUT2D eigenvalue weighted by Crippen LogP contribution is 2.28. The molecule has 0 aliphatic carbocycles. The summed E-state index contributed by atoms with van der Waals surface area (Å²) in [4.78, 5) is 0. The van der Waals surface area contributed by atoms with Gasteiger partial charge < -0.3 is 5.32 Å². The first-order valence-corrected chi connectivity index (χ1v) is 7.47. The van der Waals surface area contributed by atoms with Crippen LogP contribution >= 0.6 is 11.3 Å². The van der Waals surface area contributed by atoms with Crippen LogP contribution in [-0.4, -0.2) is 13.1 Å². The molecule has 2 aromatic rings. The van der Waals surface area contributed by atoms with E-state index in [2.05, 4.69) is 35.0 Å². The Kier molecular flexibility index (Phi) is 3.44. The molecular formula is C15H19NS. The van der Waals surface area contributed by atoms with Crippen molar-refractivity contribution < 1.29 is 0 Å². The van der Waals surface area contributed by atoms with Gasteiger partial charge in [-0.15, -0.1) is 11.3 Å². The van der Waals surface area contributed by atoms with Crippen LogP contribution in [0.15, 0.2) is 29.6 Å². The molecule has 1 unspecified atom stereocenters. The largest absolute Gasteiger partial charge is 0.316 e. The van der Waals surface area contributed by atoms with E-state index in [9.17, 15) is 0 Å². The van der Waals surface area contributed by atoms with Crippen LogP contribution in [0.1, 0.15) is 24.8 Å². The molecule has 1 aliphatic heterocycles. The van der Waals surface area contributed by atoms with Crippen LogP contribution < -0.4 is 5.32 Å². The Bertz CT molecular complexity index is 482. The number of hydrogen-bond donors (Lipinski definition) is 1. The molecule has 1 aromatic heterocycles. The predicted molar refractivity (Wildman–Crippen MR) is 75.7 cm³/mol. The predicted octanol–water partition coefficient (Wildman–Crippen LogP) is 3.83. The van der Waals surface area contributed by atoms with Gasteiger partial charge in [-0.05, 0) is 67.1 Å². The van der Waals surface area contributed by atoms with Crippen LogP contribution in [0.25, 0.3) is 10.1 Å². The molecule has 1 saturated heterocycles. The lowest BCUT2D eigenvalue weighted by Gasteiger charge is -2.22. The molecule has 1 nitrogen and oxygen atoms in total. The maximum Gasteiger partial charge on any atom is 0.0345 e. The highest BCUT2D eigenvalue weighted by Gasteiger charge is 2.13. The second kappa shape index (κ2) is 5.19. The van der Waals surface area contributed by atoms with Crippen molar-refractivity contribution in [2.45, 2.75) is 25.7 Å². The Hall–Kier alpha value is -0.860. The van der Waals surface area contributed by atoms with Crippen molar-refractivity contribution in [1.82, 2.24) is 5.32 Å².